The topological polar surface area (TPSA) is 99.3 Å². The van der Waals surface area contributed by atoms with E-state index in [4.69, 9.17) is 4.74 Å². The lowest BCUT2D eigenvalue weighted by Gasteiger charge is -2.08. The van der Waals surface area contributed by atoms with E-state index in [1.54, 1.807) is 7.11 Å². The number of carbonyl (C=O) groups is 1. The van der Waals surface area contributed by atoms with Gasteiger partial charge < -0.3 is 14.6 Å². The molecule has 1 N–H and O–H groups in total. The van der Waals surface area contributed by atoms with Crippen LogP contribution in [-0.4, -0.2) is 39.9 Å². The van der Waals surface area contributed by atoms with E-state index in [9.17, 15) is 14.9 Å². The van der Waals surface area contributed by atoms with Gasteiger partial charge in [-0.05, 0) is 24.3 Å². The molecule has 0 aliphatic rings. The molecule has 0 spiro atoms. The van der Waals surface area contributed by atoms with Crippen LogP contribution in [0.2, 0.25) is 0 Å². The molecule has 0 bridgehead atoms. The van der Waals surface area contributed by atoms with Gasteiger partial charge in [0.1, 0.15) is 0 Å². The predicted molar refractivity (Wildman–Crippen MR) is 104 cm³/mol. The van der Waals surface area contributed by atoms with Crippen molar-refractivity contribution in [2.75, 3.05) is 24.8 Å². The van der Waals surface area contributed by atoms with Gasteiger partial charge in [-0.1, -0.05) is 23.9 Å². The zero-order valence-electron chi connectivity index (χ0n) is 14.6. The average molecular weight is 386 g/mol. The third-order valence-electron chi connectivity index (χ3n) is 3.83. The number of methoxy groups -OCH3 is 1. The number of hydrogen-bond donors (Lipinski definition) is 1. The van der Waals surface area contributed by atoms with Gasteiger partial charge in [0.05, 0.1) is 28.3 Å². The van der Waals surface area contributed by atoms with Crippen molar-refractivity contribution in [2.24, 2.45) is 0 Å². The molecule has 0 aliphatic carbocycles. The van der Waals surface area contributed by atoms with Crippen LogP contribution in [-0.2, 0) is 16.1 Å². The Morgan fingerprint density at radius 2 is 2.00 bits per heavy atom. The molecule has 1 aromatic heterocycles. The third-order valence-corrected chi connectivity index (χ3v) is 4.81. The van der Waals surface area contributed by atoms with Crippen molar-refractivity contribution in [1.82, 2.24) is 9.55 Å². The van der Waals surface area contributed by atoms with Crippen molar-refractivity contribution in [3.05, 3.63) is 58.6 Å². The molecule has 0 unspecified atom stereocenters. The van der Waals surface area contributed by atoms with Crippen LogP contribution in [0.1, 0.15) is 0 Å². The van der Waals surface area contributed by atoms with E-state index in [2.05, 4.69) is 10.3 Å². The van der Waals surface area contributed by atoms with Gasteiger partial charge in [0.15, 0.2) is 5.16 Å². The summed E-state index contributed by atoms with van der Waals surface area (Å²) in [5.41, 5.74) is 2.35. The number of thioether (sulfide) groups is 1. The summed E-state index contributed by atoms with van der Waals surface area (Å²) < 4.78 is 7.20. The lowest BCUT2D eigenvalue weighted by atomic mass is 10.3. The summed E-state index contributed by atoms with van der Waals surface area (Å²) in [6.07, 6.45) is 0. The molecule has 0 aliphatic heterocycles. The van der Waals surface area contributed by atoms with Crippen molar-refractivity contribution in [3.63, 3.8) is 0 Å². The number of imidazole rings is 1. The Balaban J connectivity index is 1.66. The Kier molecular flexibility index (Phi) is 6.05. The Labute approximate surface area is 159 Å². The molecule has 3 aromatic rings. The second kappa shape index (κ2) is 8.65. The number of para-hydroxylation sites is 2. The molecule has 0 saturated heterocycles. The molecule has 3 rings (SSSR count). The van der Waals surface area contributed by atoms with Crippen LogP contribution < -0.4 is 5.32 Å². The van der Waals surface area contributed by atoms with Gasteiger partial charge in [0.2, 0.25) is 5.91 Å². The lowest BCUT2D eigenvalue weighted by molar-refractivity contribution is -0.384. The van der Waals surface area contributed by atoms with Gasteiger partial charge in [-0.25, -0.2) is 4.98 Å². The average Bonchev–Trinajstić information content (AvgIpc) is 3.02. The van der Waals surface area contributed by atoms with E-state index in [-0.39, 0.29) is 17.3 Å². The van der Waals surface area contributed by atoms with Crippen molar-refractivity contribution < 1.29 is 14.5 Å². The zero-order valence-corrected chi connectivity index (χ0v) is 15.4. The van der Waals surface area contributed by atoms with Crippen molar-refractivity contribution in [1.29, 1.82) is 0 Å². The summed E-state index contributed by atoms with van der Waals surface area (Å²) in [5.74, 6) is -0.0352. The molecule has 1 heterocycles. The highest BCUT2D eigenvalue weighted by atomic mass is 32.2. The summed E-state index contributed by atoms with van der Waals surface area (Å²) in [4.78, 5) is 27.0. The number of rotatable bonds is 8. The van der Waals surface area contributed by atoms with Crippen molar-refractivity contribution in [2.45, 2.75) is 11.7 Å². The molecule has 2 aromatic carbocycles. The minimum Gasteiger partial charge on any atom is -0.383 e. The molecule has 1 amide bonds. The highest BCUT2D eigenvalue weighted by Crippen LogP contribution is 2.24. The number of nitro groups is 1. The number of nitrogens with one attached hydrogen (secondary N) is 1. The monoisotopic (exact) mass is 386 g/mol. The minimum atomic E-state index is -0.480. The number of ether oxygens (including phenoxy) is 1. The molecule has 0 radical (unpaired) electrons. The number of amides is 1. The largest absolute Gasteiger partial charge is 0.383 e. The number of fused-ring (bicyclic) bond motifs is 1. The Morgan fingerprint density at radius 3 is 2.70 bits per heavy atom. The number of carbonyl (C=O) groups excluding carboxylic acids is 1. The highest BCUT2D eigenvalue weighted by Gasteiger charge is 2.13. The molecule has 0 fully saturated rings. The Bertz CT molecular complexity index is 956. The standard InChI is InChI=1S/C18H18N4O4S/c1-26-11-10-21-16-5-3-2-4-15(16)20-18(21)27-12-17(23)19-13-6-8-14(9-7-13)22(24)25/h2-9H,10-12H2,1H3,(H,19,23). The molecule has 0 atom stereocenters. The normalized spacial score (nSPS) is 10.9. The van der Waals surface area contributed by atoms with Crippen LogP contribution in [0, 0.1) is 10.1 Å². The number of benzene rings is 2. The second-order valence-electron chi connectivity index (χ2n) is 5.67. The third kappa shape index (κ3) is 4.63. The number of hydrogen-bond acceptors (Lipinski definition) is 6. The number of nitro benzene ring substituents is 1. The van der Waals surface area contributed by atoms with Gasteiger partial charge in [0.25, 0.3) is 5.69 Å². The fourth-order valence-corrected chi connectivity index (χ4v) is 3.40. The maximum Gasteiger partial charge on any atom is 0.269 e. The minimum absolute atomic E-state index is 0.0192. The Hall–Kier alpha value is -2.91. The van der Waals surface area contributed by atoms with Gasteiger partial charge in [0, 0.05) is 31.5 Å². The summed E-state index contributed by atoms with van der Waals surface area (Å²) >= 11 is 1.33. The van der Waals surface area contributed by atoms with Crippen molar-refractivity contribution in [3.8, 4) is 0 Å². The van der Waals surface area contributed by atoms with Crippen LogP contribution in [0.3, 0.4) is 0 Å². The number of aromatic nitrogens is 2. The first-order valence-corrected chi connectivity index (χ1v) is 9.18. The number of nitrogens with zero attached hydrogens (tertiary/aromatic N) is 3. The van der Waals surface area contributed by atoms with Crippen molar-refractivity contribution >= 4 is 40.1 Å². The number of non-ortho nitro benzene ring substituents is 1. The smallest absolute Gasteiger partial charge is 0.269 e. The van der Waals surface area contributed by atoms with E-state index in [1.807, 2.05) is 28.8 Å². The van der Waals surface area contributed by atoms with Crippen LogP contribution in [0.15, 0.2) is 53.7 Å². The maximum atomic E-state index is 12.2. The molecular formula is C18H18N4O4S. The van der Waals surface area contributed by atoms with E-state index >= 15 is 0 Å². The zero-order chi connectivity index (χ0) is 19.2. The molecule has 8 nitrogen and oxygen atoms in total. The van der Waals surface area contributed by atoms with E-state index in [0.29, 0.717) is 18.8 Å². The van der Waals surface area contributed by atoms with Crippen LogP contribution in [0.5, 0.6) is 0 Å². The summed E-state index contributed by atoms with van der Waals surface area (Å²) in [5, 5.41) is 14.1. The fourth-order valence-electron chi connectivity index (χ4n) is 2.56. The Morgan fingerprint density at radius 1 is 1.26 bits per heavy atom. The lowest BCUT2D eigenvalue weighted by Crippen LogP contribution is -2.15. The molecular weight excluding hydrogens is 368 g/mol. The fraction of sp³-hybridized carbons (Fsp3) is 0.222. The summed E-state index contributed by atoms with van der Waals surface area (Å²) in [6, 6.07) is 13.5. The van der Waals surface area contributed by atoms with E-state index < -0.39 is 4.92 Å². The highest BCUT2D eigenvalue weighted by molar-refractivity contribution is 7.99. The second-order valence-corrected chi connectivity index (χ2v) is 6.61. The van der Waals surface area contributed by atoms with E-state index in [0.717, 1.165) is 16.2 Å². The quantitative estimate of drug-likeness (QED) is 0.362. The molecule has 27 heavy (non-hydrogen) atoms. The predicted octanol–water partition coefficient (Wildman–Crippen LogP) is 3.32. The van der Waals surface area contributed by atoms with Crippen LogP contribution in [0.25, 0.3) is 11.0 Å². The SMILES string of the molecule is COCCn1c(SCC(=O)Nc2ccc([N+](=O)[O-])cc2)nc2ccccc21. The summed E-state index contributed by atoms with van der Waals surface area (Å²) in [7, 11) is 1.64. The van der Waals surface area contributed by atoms with Gasteiger partial charge in [-0.15, -0.1) is 0 Å². The van der Waals surface area contributed by atoms with Gasteiger partial charge in [-0.3, -0.25) is 14.9 Å². The maximum absolute atomic E-state index is 12.2. The number of anilines is 1. The first kappa shape index (κ1) is 18.9. The van der Waals surface area contributed by atoms with Gasteiger partial charge in [-0.2, -0.15) is 0 Å². The van der Waals surface area contributed by atoms with Crippen LogP contribution >= 0.6 is 11.8 Å². The first-order chi connectivity index (χ1) is 13.1. The molecule has 140 valence electrons. The molecule has 0 saturated carbocycles. The summed E-state index contributed by atoms with van der Waals surface area (Å²) in [6.45, 7) is 1.19. The first-order valence-electron chi connectivity index (χ1n) is 8.20. The van der Waals surface area contributed by atoms with Gasteiger partial charge >= 0.3 is 0 Å². The molecule has 9 heteroatoms. The van der Waals surface area contributed by atoms with Crippen LogP contribution in [0.4, 0.5) is 11.4 Å². The van der Waals surface area contributed by atoms with E-state index in [1.165, 1.54) is 36.0 Å².